The van der Waals surface area contributed by atoms with E-state index in [9.17, 15) is 5.11 Å². The molecule has 0 bridgehead atoms. The molecular formula is C16H21NO. The fourth-order valence-corrected chi connectivity index (χ4v) is 2.09. The second-order valence-electron chi connectivity index (χ2n) is 5.81. The van der Waals surface area contributed by atoms with Crippen molar-refractivity contribution in [2.75, 3.05) is 4.90 Å². The van der Waals surface area contributed by atoms with Crippen molar-refractivity contribution in [2.45, 2.75) is 39.2 Å². The minimum absolute atomic E-state index is 0.00418. The van der Waals surface area contributed by atoms with Gasteiger partial charge in [-0.25, -0.2) is 0 Å². The molecule has 1 aromatic carbocycles. The zero-order valence-corrected chi connectivity index (χ0v) is 11.5. The van der Waals surface area contributed by atoms with Crippen LogP contribution >= 0.6 is 0 Å². The second kappa shape index (κ2) is 4.52. The van der Waals surface area contributed by atoms with E-state index in [4.69, 9.17) is 0 Å². The van der Waals surface area contributed by atoms with Crippen LogP contribution in [0.15, 0.2) is 48.4 Å². The number of benzene rings is 1. The van der Waals surface area contributed by atoms with Gasteiger partial charge in [0.15, 0.2) is 0 Å². The molecule has 0 radical (unpaired) electrons. The Kier molecular flexibility index (Phi) is 3.20. The number of aliphatic hydroxyl groups is 1. The Bertz CT molecular complexity index is 477. The van der Waals surface area contributed by atoms with E-state index < -0.39 is 0 Å². The minimum atomic E-state index is -0.00418. The van der Waals surface area contributed by atoms with E-state index in [0.29, 0.717) is 5.76 Å². The monoisotopic (exact) mass is 243 g/mol. The highest BCUT2D eigenvalue weighted by Crippen LogP contribution is 2.27. The molecule has 1 N–H and O–H groups in total. The van der Waals surface area contributed by atoms with Gasteiger partial charge < -0.3 is 10.0 Å². The van der Waals surface area contributed by atoms with Gasteiger partial charge in [-0.2, -0.15) is 0 Å². The SMILES string of the molecule is CC1C(O)=CC=CN1c1ccc(C(C)(C)C)cc1. The maximum absolute atomic E-state index is 9.76. The first-order valence-electron chi connectivity index (χ1n) is 6.36. The van der Waals surface area contributed by atoms with E-state index >= 15 is 0 Å². The van der Waals surface area contributed by atoms with Crippen LogP contribution in [0.25, 0.3) is 0 Å². The third kappa shape index (κ3) is 2.42. The van der Waals surface area contributed by atoms with Gasteiger partial charge in [-0.3, -0.25) is 0 Å². The van der Waals surface area contributed by atoms with Crippen molar-refractivity contribution in [3.8, 4) is 0 Å². The molecule has 0 spiro atoms. The smallest absolute Gasteiger partial charge is 0.115 e. The van der Waals surface area contributed by atoms with Crippen LogP contribution in [0, 0.1) is 0 Å². The normalized spacial score (nSPS) is 19.9. The summed E-state index contributed by atoms with van der Waals surface area (Å²) in [5, 5.41) is 9.76. The number of hydrogen-bond donors (Lipinski definition) is 1. The Morgan fingerprint density at radius 1 is 1.11 bits per heavy atom. The zero-order chi connectivity index (χ0) is 13.3. The number of anilines is 1. The van der Waals surface area contributed by atoms with Crippen LogP contribution in [0.3, 0.4) is 0 Å². The molecular weight excluding hydrogens is 222 g/mol. The Morgan fingerprint density at radius 2 is 1.72 bits per heavy atom. The van der Waals surface area contributed by atoms with Crippen molar-refractivity contribution in [3.63, 3.8) is 0 Å². The fourth-order valence-electron chi connectivity index (χ4n) is 2.09. The predicted octanol–water partition coefficient (Wildman–Crippen LogP) is 4.15. The van der Waals surface area contributed by atoms with Gasteiger partial charge in [0.25, 0.3) is 0 Å². The van der Waals surface area contributed by atoms with E-state index in [2.05, 4.69) is 49.9 Å². The molecule has 0 fully saturated rings. The molecule has 2 heteroatoms. The van der Waals surface area contributed by atoms with Crippen molar-refractivity contribution in [1.82, 2.24) is 0 Å². The molecule has 1 atom stereocenters. The van der Waals surface area contributed by atoms with Gasteiger partial charge in [0.1, 0.15) is 5.76 Å². The first-order valence-corrected chi connectivity index (χ1v) is 6.36. The molecule has 2 nitrogen and oxygen atoms in total. The number of allylic oxidation sites excluding steroid dienone is 2. The molecule has 0 saturated heterocycles. The zero-order valence-electron chi connectivity index (χ0n) is 11.5. The molecule has 1 heterocycles. The number of hydrogen-bond acceptors (Lipinski definition) is 2. The Morgan fingerprint density at radius 3 is 2.28 bits per heavy atom. The molecule has 0 amide bonds. The lowest BCUT2D eigenvalue weighted by molar-refractivity contribution is 0.370. The fraction of sp³-hybridized carbons (Fsp3) is 0.375. The standard InChI is InChI=1S/C16H21NO/c1-12-15(18)6-5-11-17(12)14-9-7-13(8-10-14)16(2,3)4/h5-12,18H,1-4H3. The maximum atomic E-state index is 9.76. The van der Waals surface area contributed by atoms with Crippen LogP contribution in [-0.4, -0.2) is 11.1 Å². The molecule has 2 rings (SSSR count). The molecule has 1 aliphatic rings. The average molecular weight is 243 g/mol. The molecule has 18 heavy (non-hydrogen) atoms. The molecule has 0 saturated carbocycles. The summed E-state index contributed by atoms with van der Waals surface area (Å²) in [6.07, 6.45) is 5.61. The summed E-state index contributed by atoms with van der Waals surface area (Å²) >= 11 is 0. The molecule has 0 aliphatic carbocycles. The third-order valence-electron chi connectivity index (χ3n) is 3.39. The van der Waals surface area contributed by atoms with Gasteiger partial charge in [-0.05, 0) is 42.2 Å². The van der Waals surface area contributed by atoms with E-state index in [1.54, 1.807) is 6.08 Å². The van der Waals surface area contributed by atoms with Crippen LogP contribution in [0.1, 0.15) is 33.3 Å². The summed E-state index contributed by atoms with van der Waals surface area (Å²) in [6.45, 7) is 8.62. The van der Waals surface area contributed by atoms with E-state index in [1.807, 2.05) is 19.2 Å². The van der Waals surface area contributed by atoms with Crippen LogP contribution in [-0.2, 0) is 5.41 Å². The predicted molar refractivity (Wildman–Crippen MR) is 76.9 cm³/mol. The number of rotatable bonds is 1. The van der Waals surface area contributed by atoms with Gasteiger partial charge in [-0.15, -0.1) is 0 Å². The molecule has 1 aromatic rings. The van der Waals surface area contributed by atoms with Crippen LogP contribution in [0.5, 0.6) is 0 Å². The van der Waals surface area contributed by atoms with Crippen molar-refractivity contribution in [3.05, 3.63) is 53.9 Å². The lowest BCUT2D eigenvalue weighted by Crippen LogP contribution is -2.31. The summed E-state index contributed by atoms with van der Waals surface area (Å²) in [5.74, 6) is 0.400. The number of nitrogens with zero attached hydrogens (tertiary/aromatic N) is 1. The third-order valence-corrected chi connectivity index (χ3v) is 3.39. The highest BCUT2D eigenvalue weighted by atomic mass is 16.3. The van der Waals surface area contributed by atoms with Gasteiger partial charge in [-0.1, -0.05) is 32.9 Å². The van der Waals surface area contributed by atoms with E-state index in [0.717, 1.165) is 5.69 Å². The lowest BCUT2D eigenvalue weighted by Gasteiger charge is -2.30. The minimum Gasteiger partial charge on any atom is -0.510 e. The lowest BCUT2D eigenvalue weighted by atomic mass is 9.87. The summed E-state index contributed by atoms with van der Waals surface area (Å²) in [5.41, 5.74) is 2.59. The second-order valence-corrected chi connectivity index (χ2v) is 5.81. The van der Waals surface area contributed by atoms with Crippen molar-refractivity contribution < 1.29 is 5.11 Å². The molecule has 1 aliphatic heterocycles. The highest BCUT2D eigenvalue weighted by Gasteiger charge is 2.19. The van der Waals surface area contributed by atoms with Crippen LogP contribution in [0.2, 0.25) is 0 Å². The Balaban J connectivity index is 2.26. The van der Waals surface area contributed by atoms with Crippen molar-refractivity contribution in [1.29, 1.82) is 0 Å². The first kappa shape index (κ1) is 12.7. The van der Waals surface area contributed by atoms with Gasteiger partial charge >= 0.3 is 0 Å². The Labute approximate surface area is 109 Å². The summed E-state index contributed by atoms with van der Waals surface area (Å²) in [7, 11) is 0. The molecule has 96 valence electrons. The van der Waals surface area contributed by atoms with E-state index in [-0.39, 0.29) is 11.5 Å². The molecule has 1 unspecified atom stereocenters. The molecule has 0 aromatic heterocycles. The summed E-state index contributed by atoms with van der Waals surface area (Å²) in [4.78, 5) is 2.07. The van der Waals surface area contributed by atoms with Crippen LogP contribution < -0.4 is 4.90 Å². The number of aliphatic hydroxyl groups excluding tert-OH is 1. The van der Waals surface area contributed by atoms with Crippen LogP contribution in [0.4, 0.5) is 5.69 Å². The maximum Gasteiger partial charge on any atom is 0.115 e. The first-order chi connectivity index (χ1) is 8.39. The summed E-state index contributed by atoms with van der Waals surface area (Å²) < 4.78 is 0. The van der Waals surface area contributed by atoms with Gasteiger partial charge in [0.05, 0.1) is 6.04 Å². The largest absolute Gasteiger partial charge is 0.510 e. The van der Waals surface area contributed by atoms with Gasteiger partial charge in [0.2, 0.25) is 0 Å². The summed E-state index contributed by atoms with van der Waals surface area (Å²) in [6, 6.07) is 8.53. The topological polar surface area (TPSA) is 23.5 Å². The quantitative estimate of drug-likeness (QED) is 0.801. The highest BCUT2D eigenvalue weighted by molar-refractivity contribution is 5.54. The Hall–Kier alpha value is -1.70. The van der Waals surface area contributed by atoms with Crippen molar-refractivity contribution >= 4 is 5.69 Å². The van der Waals surface area contributed by atoms with Crippen molar-refractivity contribution in [2.24, 2.45) is 0 Å². The average Bonchev–Trinajstić information content (AvgIpc) is 2.32. The van der Waals surface area contributed by atoms with Gasteiger partial charge in [0, 0.05) is 11.9 Å². The van der Waals surface area contributed by atoms with E-state index in [1.165, 1.54) is 5.56 Å².